The van der Waals surface area contributed by atoms with Crippen molar-refractivity contribution in [3.63, 3.8) is 0 Å². The van der Waals surface area contributed by atoms with Crippen LogP contribution in [0.15, 0.2) is 36.4 Å². The minimum Gasteiger partial charge on any atom is -0.492 e. The van der Waals surface area contributed by atoms with E-state index >= 15 is 0 Å². The standard InChI is InChI=1S/C16H18N2O3/c1-11-4-3-5-14(8-11)21-7-6-17-15-10-13(16(19)20)9-12(2)18-15/h3-5,8-10H,6-7H2,1-2H3,(H,17,18)(H,19,20). The Kier molecular flexibility index (Phi) is 4.77. The van der Waals surface area contributed by atoms with Crippen molar-refractivity contribution in [3.8, 4) is 5.75 Å². The molecule has 0 amide bonds. The summed E-state index contributed by atoms with van der Waals surface area (Å²) in [4.78, 5) is 15.2. The van der Waals surface area contributed by atoms with E-state index in [2.05, 4.69) is 10.3 Å². The highest BCUT2D eigenvalue weighted by molar-refractivity contribution is 5.88. The molecule has 0 atom stereocenters. The Morgan fingerprint density at radius 3 is 2.81 bits per heavy atom. The first kappa shape index (κ1) is 14.8. The summed E-state index contributed by atoms with van der Waals surface area (Å²) in [6, 6.07) is 10.9. The molecule has 0 spiro atoms. The van der Waals surface area contributed by atoms with Gasteiger partial charge in [0.15, 0.2) is 0 Å². The molecular formula is C16H18N2O3. The van der Waals surface area contributed by atoms with Crippen LogP contribution < -0.4 is 10.1 Å². The van der Waals surface area contributed by atoms with Gasteiger partial charge < -0.3 is 15.2 Å². The number of benzene rings is 1. The van der Waals surface area contributed by atoms with Crippen LogP contribution in [-0.2, 0) is 0 Å². The second kappa shape index (κ2) is 6.74. The number of aryl methyl sites for hydroxylation is 2. The van der Waals surface area contributed by atoms with Crippen LogP contribution >= 0.6 is 0 Å². The molecule has 0 bridgehead atoms. The molecule has 1 aromatic heterocycles. The van der Waals surface area contributed by atoms with Crippen molar-refractivity contribution in [1.29, 1.82) is 0 Å². The van der Waals surface area contributed by atoms with Crippen LogP contribution in [0.2, 0.25) is 0 Å². The number of nitrogens with zero attached hydrogens (tertiary/aromatic N) is 1. The molecule has 2 N–H and O–H groups in total. The Morgan fingerprint density at radius 1 is 1.29 bits per heavy atom. The van der Waals surface area contributed by atoms with E-state index < -0.39 is 5.97 Å². The fourth-order valence-electron chi connectivity index (χ4n) is 1.94. The number of rotatable bonds is 6. The quantitative estimate of drug-likeness (QED) is 0.799. The number of pyridine rings is 1. The molecular weight excluding hydrogens is 268 g/mol. The van der Waals surface area contributed by atoms with Crippen molar-refractivity contribution >= 4 is 11.8 Å². The number of anilines is 1. The number of ether oxygens (including phenoxy) is 1. The van der Waals surface area contributed by atoms with Gasteiger partial charge in [0, 0.05) is 5.69 Å². The lowest BCUT2D eigenvalue weighted by atomic mass is 10.2. The molecule has 0 radical (unpaired) electrons. The van der Waals surface area contributed by atoms with Crippen LogP contribution in [-0.4, -0.2) is 29.2 Å². The number of carbonyl (C=O) groups is 1. The first-order valence-electron chi connectivity index (χ1n) is 6.70. The third kappa shape index (κ3) is 4.49. The van der Waals surface area contributed by atoms with Gasteiger partial charge in [-0.05, 0) is 43.7 Å². The zero-order valence-electron chi connectivity index (χ0n) is 12.1. The van der Waals surface area contributed by atoms with E-state index in [1.807, 2.05) is 31.2 Å². The van der Waals surface area contributed by atoms with E-state index in [9.17, 15) is 4.79 Å². The van der Waals surface area contributed by atoms with Crippen LogP contribution in [0.5, 0.6) is 5.75 Å². The van der Waals surface area contributed by atoms with Gasteiger partial charge in [0.05, 0.1) is 12.1 Å². The van der Waals surface area contributed by atoms with Crippen LogP contribution in [0, 0.1) is 13.8 Å². The maximum Gasteiger partial charge on any atom is 0.335 e. The average Bonchev–Trinajstić information content (AvgIpc) is 2.43. The van der Waals surface area contributed by atoms with Gasteiger partial charge in [0.1, 0.15) is 18.2 Å². The molecule has 0 aliphatic rings. The summed E-state index contributed by atoms with van der Waals surface area (Å²) in [6.07, 6.45) is 0. The second-order valence-corrected chi connectivity index (χ2v) is 4.78. The summed E-state index contributed by atoms with van der Waals surface area (Å²) in [6.45, 7) is 4.79. The van der Waals surface area contributed by atoms with E-state index in [0.717, 1.165) is 11.3 Å². The summed E-state index contributed by atoms with van der Waals surface area (Å²) in [7, 11) is 0. The molecule has 0 aliphatic heterocycles. The van der Waals surface area contributed by atoms with Gasteiger partial charge in [-0.15, -0.1) is 0 Å². The summed E-state index contributed by atoms with van der Waals surface area (Å²) < 4.78 is 5.61. The fraction of sp³-hybridized carbons (Fsp3) is 0.250. The smallest absolute Gasteiger partial charge is 0.335 e. The molecule has 1 heterocycles. The van der Waals surface area contributed by atoms with Crippen molar-refractivity contribution in [2.75, 3.05) is 18.5 Å². The number of carboxylic acids is 1. The SMILES string of the molecule is Cc1cccc(OCCNc2cc(C(=O)O)cc(C)n2)c1. The molecule has 5 nitrogen and oxygen atoms in total. The van der Waals surface area contributed by atoms with Crippen molar-refractivity contribution in [1.82, 2.24) is 4.98 Å². The third-order valence-electron chi connectivity index (χ3n) is 2.87. The zero-order valence-corrected chi connectivity index (χ0v) is 12.1. The predicted octanol–water partition coefficient (Wildman–Crippen LogP) is 2.89. The number of nitrogens with one attached hydrogen (secondary N) is 1. The lowest BCUT2D eigenvalue weighted by Gasteiger charge is -2.09. The lowest BCUT2D eigenvalue weighted by molar-refractivity contribution is 0.0696. The number of aromatic carboxylic acids is 1. The van der Waals surface area contributed by atoms with E-state index in [4.69, 9.17) is 9.84 Å². The van der Waals surface area contributed by atoms with Gasteiger partial charge in [-0.25, -0.2) is 9.78 Å². The number of aromatic nitrogens is 1. The van der Waals surface area contributed by atoms with Gasteiger partial charge in [-0.2, -0.15) is 0 Å². The van der Waals surface area contributed by atoms with E-state index in [1.54, 1.807) is 6.92 Å². The minimum atomic E-state index is -0.959. The Morgan fingerprint density at radius 2 is 2.10 bits per heavy atom. The molecule has 2 rings (SSSR count). The third-order valence-corrected chi connectivity index (χ3v) is 2.87. The number of hydrogen-bond donors (Lipinski definition) is 2. The molecule has 0 aliphatic carbocycles. The Bertz CT molecular complexity index is 641. The van der Waals surface area contributed by atoms with Crippen LogP contribution in [0.25, 0.3) is 0 Å². The van der Waals surface area contributed by atoms with Crippen LogP contribution in [0.4, 0.5) is 5.82 Å². The normalized spacial score (nSPS) is 10.2. The average molecular weight is 286 g/mol. The monoisotopic (exact) mass is 286 g/mol. The van der Waals surface area contributed by atoms with Gasteiger partial charge in [0.25, 0.3) is 0 Å². The Labute approximate surface area is 123 Å². The largest absolute Gasteiger partial charge is 0.492 e. The topological polar surface area (TPSA) is 71.5 Å². The summed E-state index contributed by atoms with van der Waals surface area (Å²) in [5, 5.41) is 12.1. The van der Waals surface area contributed by atoms with E-state index in [0.29, 0.717) is 24.7 Å². The molecule has 1 aromatic carbocycles. The minimum absolute atomic E-state index is 0.226. The summed E-state index contributed by atoms with van der Waals surface area (Å²) in [5.41, 5.74) is 2.04. The van der Waals surface area contributed by atoms with Crippen LogP contribution in [0.3, 0.4) is 0 Å². The van der Waals surface area contributed by atoms with Crippen LogP contribution in [0.1, 0.15) is 21.6 Å². The van der Waals surface area contributed by atoms with Gasteiger partial charge >= 0.3 is 5.97 Å². The maximum absolute atomic E-state index is 11.0. The molecule has 2 aromatic rings. The highest BCUT2D eigenvalue weighted by Gasteiger charge is 2.06. The molecule has 0 saturated carbocycles. The first-order chi connectivity index (χ1) is 10.0. The highest BCUT2D eigenvalue weighted by atomic mass is 16.5. The van der Waals surface area contributed by atoms with Crippen molar-refractivity contribution < 1.29 is 14.6 Å². The molecule has 5 heteroatoms. The Balaban J connectivity index is 1.87. The molecule has 0 fully saturated rings. The summed E-state index contributed by atoms with van der Waals surface area (Å²) >= 11 is 0. The predicted molar refractivity (Wildman–Crippen MR) is 81.1 cm³/mol. The number of carboxylic acid groups (broad SMARTS) is 1. The molecule has 21 heavy (non-hydrogen) atoms. The van der Waals surface area contributed by atoms with Crippen molar-refractivity contribution in [2.24, 2.45) is 0 Å². The molecule has 0 unspecified atom stereocenters. The van der Waals surface area contributed by atoms with Crippen molar-refractivity contribution in [3.05, 3.63) is 53.2 Å². The molecule has 110 valence electrons. The van der Waals surface area contributed by atoms with Gasteiger partial charge in [-0.1, -0.05) is 12.1 Å². The summed E-state index contributed by atoms with van der Waals surface area (Å²) in [5.74, 6) is 0.403. The van der Waals surface area contributed by atoms with Gasteiger partial charge in [-0.3, -0.25) is 0 Å². The zero-order chi connectivity index (χ0) is 15.2. The maximum atomic E-state index is 11.0. The number of hydrogen-bond acceptors (Lipinski definition) is 4. The van der Waals surface area contributed by atoms with Crippen molar-refractivity contribution in [2.45, 2.75) is 13.8 Å². The van der Waals surface area contributed by atoms with Gasteiger partial charge in [0.2, 0.25) is 0 Å². The fourth-order valence-corrected chi connectivity index (χ4v) is 1.94. The van der Waals surface area contributed by atoms with E-state index in [1.165, 1.54) is 12.1 Å². The second-order valence-electron chi connectivity index (χ2n) is 4.78. The Hall–Kier alpha value is -2.56. The van der Waals surface area contributed by atoms with E-state index in [-0.39, 0.29) is 5.56 Å². The first-order valence-corrected chi connectivity index (χ1v) is 6.70. The lowest BCUT2D eigenvalue weighted by Crippen LogP contribution is -2.13. The highest BCUT2D eigenvalue weighted by Crippen LogP contribution is 2.13. The molecule has 0 saturated heterocycles.